The van der Waals surface area contributed by atoms with Crippen LogP contribution in [0.15, 0.2) is 0 Å². The van der Waals surface area contributed by atoms with Gasteiger partial charge < -0.3 is 0 Å². The van der Waals surface area contributed by atoms with Crippen molar-refractivity contribution in [2.24, 2.45) is 27.6 Å². The van der Waals surface area contributed by atoms with Crippen molar-refractivity contribution in [3.63, 3.8) is 0 Å². The maximum atomic E-state index is 2.42. The molecule has 0 amide bonds. The molecule has 0 saturated heterocycles. The van der Waals surface area contributed by atoms with Crippen molar-refractivity contribution in [2.75, 3.05) is 0 Å². The molecule has 0 nitrogen and oxygen atoms in total. The summed E-state index contributed by atoms with van der Waals surface area (Å²) in [6, 6.07) is 0. The lowest BCUT2D eigenvalue weighted by Gasteiger charge is -2.45. The SMILES string of the molecule is CC(C)(C)C1CC1(C(C)(C)C)C(C)(C)C. The van der Waals surface area contributed by atoms with Crippen LogP contribution in [0.4, 0.5) is 0 Å². The molecule has 0 heteroatoms. The van der Waals surface area contributed by atoms with Gasteiger partial charge in [0.25, 0.3) is 0 Å². The molecule has 1 saturated carbocycles. The summed E-state index contributed by atoms with van der Waals surface area (Å²) < 4.78 is 0. The van der Waals surface area contributed by atoms with Crippen LogP contribution in [0.5, 0.6) is 0 Å². The first-order valence-corrected chi connectivity index (χ1v) is 6.34. The lowest BCUT2D eigenvalue weighted by molar-refractivity contribution is 0.0346. The average molecular weight is 210 g/mol. The largest absolute Gasteiger partial charge is 0.0599 e. The van der Waals surface area contributed by atoms with Crippen LogP contribution in [0.2, 0.25) is 0 Å². The number of hydrogen-bond acceptors (Lipinski definition) is 0. The van der Waals surface area contributed by atoms with Gasteiger partial charge in [-0.2, -0.15) is 0 Å². The van der Waals surface area contributed by atoms with Crippen molar-refractivity contribution in [3.05, 3.63) is 0 Å². The smallest absolute Gasteiger partial charge is 0.0164 e. The topological polar surface area (TPSA) is 0 Å². The highest BCUT2D eigenvalue weighted by Gasteiger charge is 2.68. The first-order chi connectivity index (χ1) is 6.34. The van der Waals surface area contributed by atoms with Gasteiger partial charge in [0.2, 0.25) is 0 Å². The Morgan fingerprint density at radius 3 is 1.13 bits per heavy atom. The Balaban J connectivity index is 3.08. The average Bonchev–Trinajstić information content (AvgIpc) is 2.51. The van der Waals surface area contributed by atoms with Gasteiger partial charge >= 0.3 is 0 Å². The van der Waals surface area contributed by atoms with Gasteiger partial charge in [0.1, 0.15) is 0 Å². The Morgan fingerprint density at radius 2 is 1.07 bits per heavy atom. The van der Waals surface area contributed by atoms with E-state index in [1.54, 1.807) is 0 Å². The van der Waals surface area contributed by atoms with E-state index in [4.69, 9.17) is 0 Å². The predicted octanol–water partition coefficient (Wildman–Crippen LogP) is 5.13. The van der Waals surface area contributed by atoms with Crippen LogP contribution in [0, 0.1) is 27.6 Å². The van der Waals surface area contributed by atoms with Crippen molar-refractivity contribution < 1.29 is 0 Å². The van der Waals surface area contributed by atoms with Gasteiger partial charge in [-0.05, 0) is 34.0 Å². The second kappa shape index (κ2) is 3.02. The summed E-state index contributed by atoms with van der Waals surface area (Å²) in [5.41, 5.74) is 1.82. The van der Waals surface area contributed by atoms with Gasteiger partial charge in [-0.3, -0.25) is 0 Å². The summed E-state index contributed by atoms with van der Waals surface area (Å²) in [4.78, 5) is 0. The third-order valence-corrected chi connectivity index (χ3v) is 4.68. The molecule has 1 aliphatic rings. The third-order valence-electron chi connectivity index (χ3n) is 4.68. The molecule has 15 heavy (non-hydrogen) atoms. The highest BCUT2D eigenvalue weighted by molar-refractivity contribution is 5.17. The van der Waals surface area contributed by atoms with Crippen LogP contribution >= 0.6 is 0 Å². The first kappa shape index (κ1) is 13.1. The van der Waals surface area contributed by atoms with Gasteiger partial charge in [0.15, 0.2) is 0 Å². The van der Waals surface area contributed by atoms with E-state index in [1.807, 2.05) is 0 Å². The minimum absolute atomic E-state index is 0.420. The van der Waals surface area contributed by atoms with Crippen molar-refractivity contribution in [1.82, 2.24) is 0 Å². The standard InChI is InChI=1S/C15H30/c1-12(2,3)11-10-15(11,13(4,5)6)14(7,8)9/h11H,10H2,1-9H3. The summed E-state index contributed by atoms with van der Waals surface area (Å²) >= 11 is 0. The van der Waals surface area contributed by atoms with Crippen LogP contribution in [0.3, 0.4) is 0 Å². The van der Waals surface area contributed by atoms with Gasteiger partial charge in [-0.25, -0.2) is 0 Å². The third kappa shape index (κ3) is 1.85. The summed E-state index contributed by atoms with van der Waals surface area (Å²) in [6.07, 6.45) is 1.41. The number of hydrogen-bond donors (Lipinski definition) is 0. The molecule has 0 N–H and O–H groups in total. The van der Waals surface area contributed by atoms with Crippen LogP contribution in [0.1, 0.15) is 68.7 Å². The van der Waals surface area contributed by atoms with E-state index in [1.165, 1.54) is 6.42 Å². The second-order valence-electron chi connectivity index (χ2n) is 8.59. The monoisotopic (exact) mass is 210 g/mol. The van der Waals surface area contributed by atoms with Gasteiger partial charge in [0.05, 0.1) is 0 Å². The molecule has 1 fully saturated rings. The van der Waals surface area contributed by atoms with E-state index in [9.17, 15) is 0 Å². The normalized spacial score (nSPS) is 26.6. The zero-order valence-corrected chi connectivity index (χ0v) is 12.3. The van der Waals surface area contributed by atoms with E-state index in [2.05, 4.69) is 62.3 Å². The molecule has 90 valence electrons. The zero-order chi connectivity index (χ0) is 12.3. The van der Waals surface area contributed by atoms with Crippen molar-refractivity contribution >= 4 is 0 Å². The summed E-state index contributed by atoms with van der Waals surface area (Å²) in [5, 5.41) is 0. The summed E-state index contributed by atoms with van der Waals surface area (Å²) in [7, 11) is 0. The fraction of sp³-hybridized carbons (Fsp3) is 1.00. The fourth-order valence-corrected chi connectivity index (χ4v) is 4.09. The second-order valence-corrected chi connectivity index (χ2v) is 8.59. The van der Waals surface area contributed by atoms with Crippen molar-refractivity contribution in [3.8, 4) is 0 Å². The van der Waals surface area contributed by atoms with Gasteiger partial charge in [-0.1, -0.05) is 62.3 Å². The van der Waals surface area contributed by atoms with Crippen LogP contribution in [-0.4, -0.2) is 0 Å². The molecule has 0 aromatic heterocycles. The van der Waals surface area contributed by atoms with Crippen LogP contribution < -0.4 is 0 Å². The molecular weight excluding hydrogens is 180 g/mol. The van der Waals surface area contributed by atoms with Gasteiger partial charge in [-0.15, -0.1) is 0 Å². The highest BCUT2D eigenvalue weighted by atomic mass is 14.7. The molecule has 0 aromatic carbocycles. The van der Waals surface area contributed by atoms with Crippen molar-refractivity contribution in [2.45, 2.75) is 68.7 Å². The molecule has 1 aliphatic carbocycles. The molecule has 0 spiro atoms. The van der Waals surface area contributed by atoms with E-state index in [-0.39, 0.29) is 0 Å². The molecular formula is C15H30. The Morgan fingerprint density at radius 1 is 0.733 bits per heavy atom. The fourth-order valence-electron chi connectivity index (χ4n) is 4.09. The summed E-state index contributed by atoms with van der Waals surface area (Å²) in [5.74, 6) is 0.880. The lowest BCUT2D eigenvalue weighted by atomic mass is 9.60. The minimum Gasteiger partial charge on any atom is -0.0599 e. The Bertz CT molecular complexity index is 225. The van der Waals surface area contributed by atoms with Gasteiger partial charge in [0, 0.05) is 0 Å². The van der Waals surface area contributed by atoms with E-state index < -0.39 is 0 Å². The zero-order valence-electron chi connectivity index (χ0n) is 12.3. The van der Waals surface area contributed by atoms with E-state index in [0.29, 0.717) is 21.7 Å². The molecule has 1 rings (SSSR count). The van der Waals surface area contributed by atoms with E-state index >= 15 is 0 Å². The summed E-state index contributed by atoms with van der Waals surface area (Å²) in [6.45, 7) is 21.7. The predicted molar refractivity (Wildman–Crippen MR) is 68.9 cm³/mol. The Kier molecular flexibility index (Phi) is 2.63. The molecule has 0 aromatic rings. The molecule has 0 bridgehead atoms. The molecule has 0 radical (unpaired) electrons. The quantitative estimate of drug-likeness (QED) is 0.520. The molecule has 0 aliphatic heterocycles. The maximum absolute atomic E-state index is 2.42. The molecule has 1 atom stereocenters. The Hall–Kier alpha value is 0. The van der Waals surface area contributed by atoms with E-state index in [0.717, 1.165) is 5.92 Å². The minimum atomic E-state index is 0.420. The number of rotatable bonds is 0. The van der Waals surface area contributed by atoms with Crippen LogP contribution in [-0.2, 0) is 0 Å². The maximum Gasteiger partial charge on any atom is -0.0164 e. The Labute approximate surface area is 96.8 Å². The molecule has 0 heterocycles. The highest BCUT2D eigenvalue weighted by Crippen LogP contribution is 2.75. The first-order valence-electron chi connectivity index (χ1n) is 6.34. The molecule has 1 unspecified atom stereocenters. The van der Waals surface area contributed by atoms with Crippen molar-refractivity contribution in [1.29, 1.82) is 0 Å². The lowest BCUT2D eigenvalue weighted by Crippen LogP contribution is -2.38. The van der Waals surface area contributed by atoms with Crippen LogP contribution in [0.25, 0.3) is 0 Å².